The van der Waals surface area contributed by atoms with Crippen molar-refractivity contribution in [1.29, 1.82) is 0 Å². The predicted octanol–water partition coefficient (Wildman–Crippen LogP) is 5.21. The van der Waals surface area contributed by atoms with Crippen LogP contribution in [0.4, 0.5) is 20.3 Å². The molecule has 0 saturated carbocycles. The number of benzene rings is 1. The summed E-state index contributed by atoms with van der Waals surface area (Å²) >= 11 is 0. The van der Waals surface area contributed by atoms with Gasteiger partial charge in [0.05, 0.1) is 0 Å². The predicted molar refractivity (Wildman–Crippen MR) is 105 cm³/mol. The summed E-state index contributed by atoms with van der Waals surface area (Å²) in [4.78, 5) is 8.41. The molecule has 140 valence electrons. The molecular formula is C20H20F2N4O. The fourth-order valence-corrected chi connectivity index (χ4v) is 2.98. The van der Waals surface area contributed by atoms with E-state index >= 15 is 0 Å². The van der Waals surface area contributed by atoms with Crippen LogP contribution in [0.1, 0.15) is 16.8 Å². The lowest BCUT2D eigenvalue weighted by Crippen LogP contribution is -2.04. The summed E-state index contributed by atoms with van der Waals surface area (Å²) < 4.78 is 31.6. The first kappa shape index (κ1) is 18.6. The number of anilines is 2. The van der Waals surface area contributed by atoms with E-state index in [1.165, 1.54) is 6.07 Å². The fraction of sp³-hybridized carbons (Fsp3) is 0.200. The number of hydrogen-bond acceptors (Lipinski definition) is 4. The molecule has 0 saturated heterocycles. The number of nitrogens with zero attached hydrogens (tertiary/aromatic N) is 3. The van der Waals surface area contributed by atoms with E-state index in [-0.39, 0.29) is 5.75 Å². The van der Waals surface area contributed by atoms with Gasteiger partial charge in [0.2, 0.25) is 0 Å². The SMILES string of the molecule is C=N/C=C\c1c(C)c2ccc(Nc3ccc(C)c(OC(F)F)c3)nc2n1C. The Balaban J connectivity index is 1.95. The molecule has 0 fully saturated rings. The van der Waals surface area contributed by atoms with Gasteiger partial charge in [0.15, 0.2) is 0 Å². The molecular weight excluding hydrogens is 350 g/mol. The van der Waals surface area contributed by atoms with Crippen molar-refractivity contribution in [2.24, 2.45) is 12.0 Å². The van der Waals surface area contributed by atoms with E-state index in [9.17, 15) is 8.78 Å². The zero-order valence-electron chi connectivity index (χ0n) is 15.3. The fourth-order valence-electron chi connectivity index (χ4n) is 2.98. The third-order valence-electron chi connectivity index (χ3n) is 4.36. The number of rotatable bonds is 6. The van der Waals surface area contributed by atoms with Crippen LogP contribution in [0.25, 0.3) is 17.1 Å². The Morgan fingerprint density at radius 1 is 1.26 bits per heavy atom. The summed E-state index contributed by atoms with van der Waals surface area (Å²) in [6.45, 7) is 4.32. The molecule has 2 aromatic heterocycles. The van der Waals surface area contributed by atoms with E-state index in [4.69, 9.17) is 0 Å². The van der Waals surface area contributed by atoms with Gasteiger partial charge in [0.1, 0.15) is 17.2 Å². The minimum atomic E-state index is -2.86. The molecule has 0 radical (unpaired) electrons. The number of fused-ring (bicyclic) bond motifs is 1. The van der Waals surface area contributed by atoms with E-state index in [1.54, 1.807) is 25.3 Å². The van der Waals surface area contributed by atoms with Crippen LogP contribution < -0.4 is 10.1 Å². The second-order valence-corrected chi connectivity index (χ2v) is 6.12. The minimum absolute atomic E-state index is 0.134. The van der Waals surface area contributed by atoms with E-state index < -0.39 is 6.61 Å². The monoisotopic (exact) mass is 370 g/mol. The smallest absolute Gasteiger partial charge is 0.387 e. The van der Waals surface area contributed by atoms with Crippen molar-refractivity contribution >= 4 is 35.3 Å². The Kier molecular flexibility index (Phi) is 5.21. The first-order chi connectivity index (χ1) is 12.9. The maximum atomic E-state index is 12.5. The molecule has 0 bridgehead atoms. The number of pyridine rings is 1. The zero-order chi connectivity index (χ0) is 19.6. The van der Waals surface area contributed by atoms with Crippen LogP contribution in [0.15, 0.2) is 41.5 Å². The number of alkyl halides is 2. The summed E-state index contributed by atoms with van der Waals surface area (Å²) in [7, 11) is 1.93. The number of halogens is 2. The van der Waals surface area contributed by atoms with Crippen LogP contribution >= 0.6 is 0 Å². The van der Waals surface area contributed by atoms with Crippen molar-refractivity contribution in [2.75, 3.05) is 5.32 Å². The third kappa shape index (κ3) is 3.81. The average Bonchev–Trinajstić information content (AvgIpc) is 2.86. The second kappa shape index (κ2) is 7.57. The number of hydrogen-bond donors (Lipinski definition) is 1. The summed E-state index contributed by atoms with van der Waals surface area (Å²) in [6.07, 6.45) is 3.52. The molecule has 0 amide bonds. The van der Waals surface area contributed by atoms with Gasteiger partial charge < -0.3 is 14.6 Å². The molecule has 0 aliphatic heterocycles. The first-order valence-electron chi connectivity index (χ1n) is 8.31. The average molecular weight is 370 g/mol. The van der Waals surface area contributed by atoms with Gasteiger partial charge in [-0.3, -0.25) is 4.99 Å². The summed E-state index contributed by atoms with van der Waals surface area (Å²) in [6, 6.07) is 8.87. The van der Waals surface area contributed by atoms with Crippen LogP contribution in [-0.2, 0) is 7.05 Å². The third-order valence-corrected chi connectivity index (χ3v) is 4.36. The summed E-state index contributed by atoms with van der Waals surface area (Å²) in [5, 5.41) is 4.17. The highest BCUT2D eigenvalue weighted by molar-refractivity contribution is 5.86. The van der Waals surface area contributed by atoms with E-state index in [1.807, 2.05) is 36.7 Å². The van der Waals surface area contributed by atoms with Gasteiger partial charge in [-0.25, -0.2) is 4.98 Å². The van der Waals surface area contributed by atoms with Crippen molar-refractivity contribution in [3.05, 3.63) is 53.4 Å². The molecule has 0 aliphatic carbocycles. The molecule has 0 spiro atoms. The largest absolute Gasteiger partial charge is 0.434 e. The maximum Gasteiger partial charge on any atom is 0.387 e. The standard InChI is InChI=1S/C20H20F2N4O/c1-12-5-6-14(11-17(12)27-20(21)22)24-18-8-7-15-13(2)16(9-10-23-3)26(4)19(15)25-18/h5-11,20H,3H2,1-2,4H3,(H,24,25)/b10-9-. The van der Waals surface area contributed by atoms with Gasteiger partial charge in [0.25, 0.3) is 0 Å². The molecule has 1 N–H and O–H groups in total. The van der Waals surface area contributed by atoms with Crippen LogP contribution in [0.5, 0.6) is 5.75 Å². The number of aliphatic imine (C=N–C) groups is 1. The molecule has 0 unspecified atom stereocenters. The Morgan fingerprint density at radius 2 is 2.04 bits per heavy atom. The van der Waals surface area contributed by atoms with Crippen molar-refractivity contribution in [3.63, 3.8) is 0 Å². The van der Waals surface area contributed by atoms with Crippen LogP contribution in [0.2, 0.25) is 0 Å². The number of ether oxygens (including phenoxy) is 1. The number of aryl methyl sites for hydroxylation is 3. The molecule has 2 heterocycles. The Labute approximate surface area is 156 Å². The number of aromatic nitrogens is 2. The molecule has 5 nitrogen and oxygen atoms in total. The zero-order valence-corrected chi connectivity index (χ0v) is 15.3. The normalized spacial score (nSPS) is 11.5. The van der Waals surface area contributed by atoms with Crippen molar-refractivity contribution in [3.8, 4) is 5.75 Å². The number of nitrogens with one attached hydrogen (secondary N) is 1. The maximum absolute atomic E-state index is 12.5. The Hall–Kier alpha value is -3.22. The summed E-state index contributed by atoms with van der Waals surface area (Å²) in [5.41, 5.74) is 4.14. The van der Waals surface area contributed by atoms with Crippen molar-refractivity contribution in [1.82, 2.24) is 9.55 Å². The second-order valence-electron chi connectivity index (χ2n) is 6.12. The van der Waals surface area contributed by atoms with E-state index in [2.05, 4.69) is 26.7 Å². The molecule has 3 rings (SSSR count). The highest BCUT2D eigenvalue weighted by atomic mass is 19.3. The van der Waals surface area contributed by atoms with Crippen LogP contribution in [-0.4, -0.2) is 22.9 Å². The topological polar surface area (TPSA) is 51.4 Å². The van der Waals surface area contributed by atoms with E-state index in [0.29, 0.717) is 17.1 Å². The van der Waals surface area contributed by atoms with Gasteiger partial charge in [-0.05, 0) is 56.0 Å². The molecule has 3 aromatic rings. The van der Waals surface area contributed by atoms with Crippen molar-refractivity contribution in [2.45, 2.75) is 20.5 Å². The highest BCUT2D eigenvalue weighted by Crippen LogP contribution is 2.29. The lowest BCUT2D eigenvalue weighted by atomic mass is 10.2. The van der Waals surface area contributed by atoms with Crippen molar-refractivity contribution < 1.29 is 13.5 Å². The van der Waals surface area contributed by atoms with Crippen LogP contribution in [0.3, 0.4) is 0 Å². The van der Waals surface area contributed by atoms with Gasteiger partial charge in [-0.2, -0.15) is 8.78 Å². The summed E-state index contributed by atoms with van der Waals surface area (Å²) in [5.74, 6) is 0.738. The molecule has 27 heavy (non-hydrogen) atoms. The molecule has 0 aliphatic rings. The molecule has 1 aromatic carbocycles. The van der Waals surface area contributed by atoms with Crippen LogP contribution in [0, 0.1) is 13.8 Å². The highest BCUT2D eigenvalue weighted by Gasteiger charge is 2.12. The van der Waals surface area contributed by atoms with Gasteiger partial charge in [-0.1, -0.05) is 6.07 Å². The molecule has 0 atom stereocenters. The van der Waals surface area contributed by atoms with Gasteiger partial charge >= 0.3 is 6.61 Å². The minimum Gasteiger partial charge on any atom is -0.434 e. The lowest BCUT2D eigenvalue weighted by molar-refractivity contribution is -0.0502. The Morgan fingerprint density at radius 3 is 2.74 bits per heavy atom. The molecule has 7 heteroatoms. The lowest BCUT2D eigenvalue weighted by Gasteiger charge is -2.11. The van der Waals surface area contributed by atoms with E-state index in [0.717, 1.165) is 22.3 Å². The Bertz CT molecular complexity index is 1020. The van der Waals surface area contributed by atoms with Gasteiger partial charge in [-0.15, -0.1) is 0 Å². The first-order valence-corrected chi connectivity index (χ1v) is 8.31. The van der Waals surface area contributed by atoms with Gasteiger partial charge in [0, 0.05) is 36.1 Å². The quantitative estimate of drug-likeness (QED) is 0.606.